The highest BCUT2D eigenvalue weighted by Gasteiger charge is 2.13. The van der Waals surface area contributed by atoms with Gasteiger partial charge in [-0.2, -0.15) is 10.2 Å². The maximum absolute atomic E-state index is 12.0. The monoisotopic (exact) mass is 373 g/mol. The van der Waals surface area contributed by atoms with E-state index in [4.69, 9.17) is 11.6 Å². The molecule has 0 aliphatic heterocycles. The first kappa shape index (κ1) is 16.0. The van der Waals surface area contributed by atoms with Gasteiger partial charge in [0.2, 0.25) is 5.91 Å². The van der Waals surface area contributed by atoms with Crippen LogP contribution in [0.3, 0.4) is 0 Å². The fraction of sp³-hybridized carbons (Fsp3) is 0.462. The number of halogens is 2. The summed E-state index contributed by atoms with van der Waals surface area (Å²) in [7, 11) is 0. The highest BCUT2D eigenvalue weighted by atomic mass is 79.9. The zero-order chi connectivity index (χ0) is 15.2. The van der Waals surface area contributed by atoms with E-state index in [0.29, 0.717) is 18.1 Å². The zero-order valence-corrected chi connectivity index (χ0v) is 14.0. The number of rotatable bonds is 7. The van der Waals surface area contributed by atoms with Crippen molar-refractivity contribution in [1.29, 1.82) is 0 Å². The molecule has 6 nitrogen and oxygen atoms in total. The van der Waals surface area contributed by atoms with Crippen molar-refractivity contribution in [3.8, 4) is 0 Å². The average molecular weight is 375 g/mol. The summed E-state index contributed by atoms with van der Waals surface area (Å²) in [4.78, 5) is 12.0. The maximum Gasteiger partial charge on any atom is 0.224 e. The molecular weight excluding hydrogens is 358 g/mol. The summed E-state index contributed by atoms with van der Waals surface area (Å²) in [5.41, 5.74) is 0. The summed E-state index contributed by atoms with van der Waals surface area (Å²) >= 11 is 9.11. The van der Waals surface area contributed by atoms with Crippen molar-refractivity contribution >= 4 is 33.4 Å². The molecule has 21 heavy (non-hydrogen) atoms. The Bertz CT molecular complexity index is 597. The third-order valence-electron chi connectivity index (χ3n) is 2.98. The number of nitrogens with zero attached hydrogens (tertiary/aromatic N) is 4. The molecule has 0 aliphatic rings. The van der Waals surface area contributed by atoms with Crippen molar-refractivity contribution in [2.45, 2.75) is 26.4 Å². The van der Waals surface area contributed by atoms with Gasteiger partial charge in [0.25, 0.3) is 0 Å². The standard InChI is InChI=1S/C13H17BrClN5O/c1-10(7-20-8-11(14)5-17-20)13(21)16-3-2-4-19-9-12(15)6-18-19/h5-6,8-10H,2-4,7H2,1H3,(H,16,21). The van der Waals surface area contributed by atoms with E-state index in [1.54, 1.807) is 28.0 Å². The first-order valence-corrected chi connectivity index (χ1v) is 7.85. The summed E-state index contributed by atoms with van der Waals surface area (Å²) in [5.74, 6) is -0.101. The molecule has 0 bridgehead atoms. The van der Waals surface area contributed by atoms with Crippen LogP contribution in [0.2, 0.25) is 5.02 Å². The topological polar surface area (TPSA) is 64.7 Å². The molecule has 0 radical (unpaired) electrons. The predicted octanol–water partition coefficient (Wildman–Crippen LogP) is 2.34. The highest BCUT2D eigenvalue weighted by Crippen LogP contribution is 2.08. The van der Waals surface area contributed by atoms with Crippen LogP contribution in [0.5, 0.6) is 0 Å². The molecule has 1 amide bonds. The first-order valence-electron chi connectivity index (χ1n) is 6.68. The lowest BCUT2D eigenvalue weighted by molar-refractivity contribution is -0.124. The van der Waals surface area contributed by atoms with E-state index >= 15 is 0 Å². The molecule has 1 atom stereocenters. The number of hydrogen-bond acceptors (Lipinski definition) is 3. The molecule has 0 saturated carbocycles. The molecule has 2 aromatic heterocycles. The Morgan fingerprint density at radius 3 is 2.76 bits per heavy atom. The van der Waals surface area contributed by atoms with Crippen molar-refractivity contribution in [2.75, 3.05) is 6.54 Å². The summed E-state index contributed by atoms with van der Waals surface area (Å²) < 4.78 is 4.42. The average Bonchev–Trinajstić information content (AvgIpc) is 3.03. The zero-order valence-electron chi connectivity index (χ0n) is 11.7. The minimum Gasteiger partial charge on any atom is -0.356 e. The molecule has 2 rings (SSSR count). The number of nitrogens with one attached hydrogen (secondary N) is 1. The van der Waals surface area contributed by atoms with E-state index < -0.39 is 0 Å². The molecule has 2 aromatic rings. The van der Waals surface area contributed by atoms with Gasteiger partial charge >= 0.3 is 0 Å². The number of amides is 1. The van der Waals surface area contributed by atoms with Gasteiger partial charge < -0.3 is 5.32 Å². The van der Waals surface area contributed by atoms with Gasteiger partial charge in [0.15, 0.2) is 0 Å². The molecule has 1 N–H and O–H groups in total. The Labute approximate surface area is 136 Å². The van der Waals surface area contributed by atoms with Crippen LogP contribution in [0.4, 0.5) is 0 Å². The van der Waals surface area contributed by atoms with Crippen molar-refractivity contribution < 1.29 is 4.79 Å². The van der Waals surface area contributed by atoms with Crippen LogP contribution in [0, 0.1) is 5.92 Å². The number of aromatic nitrogens is 4. The quantitative estimate of drug-likeness (QED) is 0.757. The van der Waals surface area contributed by atoms with Crippen LogP contribution >= 0.6 is 27.5 Å². The van der Waals surface area contributed by atoms with E-state index in [2.05, 4.69) is 31.4 Å². The van der Waals surface area contributed by atoms with E-state index in [9.17, 15) is 4.79 Å². The van der Waals surface area contributed by atoms with Crippen LogP contribution in [0.25, 0.3) is 0 Å². The van der Waals surface area contributed by atoms with E-state index in [-0.39, 0.29) is 11.8 Å². The molecule has 114 valence electrons. The lowest BCUT2D eigenvalue weighted by Gasteiger charge is -2.12. The largest absolute Gasteiger partial charge is 0.356 e. The lowest BCUT2D eigenvalue weighted by atomic mass is 10.1. The minimum absolute atomic E-state index is 0.0279. The lowest BCUT2D eigenvalue weighted by Crippen LogP contribution is -2.32. The van der Waals surface area contributed by atoms with Crippen molar-refractivity contribution in [2.24, 2.45) is 5.92 Å². The molecule has 0 spiro atoms. The molecule has 8 heteroatoms. The second kappa shape index (κ2) is 7.61. The summed E-state index contributed by atoms with van der Waals surface area (Å²) in [6.45, 7) is 3.79. The Kier molecular flexibility index (Phi) is 5.81. The maximum atomic E-state index is 12.0. The fourth-order valence-electron chi connectivity index (χ4n) is 1.89. The molecule has 0 aromatic carbocycles. The van der Waals surface area contributed by atoms with Gasteiger partial charge in [-0.25, -0.2) is 0 Å². The number of aryl methyl sites for hydroxylation is 1. The Morgan fingerprint density at radius 2 is 2.14 bits per heavy atom. The van der Waals surface area contributed by atoms with Gasteiger partial charge in [0, 0.05) is 25.5 Å². The fourth-order valence-corrected chi connectivity index (χ4v) is 2.37. The smallest absolute Gasteiger partial charge is 0.224 e. The number of hydrogen-bond donors (Lipinski definition) is 1. The third kappa shape index (κ3) is 5.17. The van der Waals surface area contributed by atoms with Gasteiger partial charge in [-0.1, -0.05) is 18.5 Å². The molecule has 2 heterocycles. The van der Waals surface area contributed by atoms with Crippen molar-refractivity contribution in [3.05, 3.63) is 34.3 Å². The molecular formula is C13H17BrClN5O. The van der Waals surface area contributed by atoms with Crippen LogP contribution in [-0.2, 0) is 17.9 Å². The van der Waals surface area contributed by atoms with E-state index in [0.717, 1.165) is 17.4 Å². The van der Waals surface area contributed by atoms with Crippen LogP contribution < -0.4 is 5.32 Å². The van der Waals surface area contributed by atoms with E-state index in [1.807, 2.05) is 13.1 Å². The Hall–Kier alpha value is -1.34. The van der Waals surface area contributed by atoms with Gasteiger partial charge in [0.05, 0.1) is 34.4 Å². The van der Waals surface area contributed by atoms with Crippen molar-refractivity contribution in [1.82, 2.24) is 24.9 Å². The summed E-state index contributed by atoms with van der Waals surface area (Å²) in [5, 5.41) is 11.8. The Balaban J connectivity index is 1.66. The highest BCUT2D eigenvalue weighted by molar-refractivity contribution is 9.10. The molecule has 0 saturated heterocycles. The third-order valence-corrected chi connectivity index (χ3v) is 3.58. The number of carbonyl (C=O) groups excluding carboxylic acids is 1. The van der Waals surface area contributed by atoms with Gasteiger partial charge in [-0.3, -0.25) is 14.2 Å². The number of carbonyl (C=O) groups is 1. The second-order valence-electron chi connectivity index (χ2n) is 4.85. The molecule has 0 aliphatic carbocycles. The normalized spacial score (nSPS) is 12.3. The predicted molar refractivity (Wildman–Crippen MR) is 84.0 cm³/mol. The minimum atomic E-state index is -0.129. The van der Waals surface area contributed by atoms with Crippen LogP contribution in [0.15, 0.2) is 29.3 Å². The molecule has 0 fully saturated rings. The van der Waals surface area contributed by atoms with Crippen molar-refractivity contribution in [3.63, 3.8) is 0 Å². The first-order chi connectivity index (χ1) is 10.0. The van der Waals surface area contributed by atoms with Crippen LogP contribution in [-0.4, -0.2) is 32.0 Å². The van der Waals surface area contributed by atoms with Crippen LogP contribution in [0.1, 0.15) is 13.3 Å². The van der Waals surface area contributed by atoms with Gasteiger partial charge in [0.1, 0.15) is 0 Å². The Morgan fingerprint density at radius 1 is 1.38 bits per heavy atom. The van der Waals surface area contributed by atoms with Gasteiger partial charge in [-0.15, -0.1) is 0 Å². The summed E-state index contributed by atoms with van der Waals surface area (Å²) in [6.07, 6.45) is 7.74. The van der Waals surface area contributed by atoms with Gasteiger partial charge in [-0.05, 0) is 22.4 Å². The summed E-state index contributed by atoms with van der Waals surface area (Å²) in [6, 6.07) is 0. The SMILES string of the molecule is CC(Cn1cc(Br)cn1)C(=O)NCCCn1cc(Cl)cn1. The molecule has 1 unspecified atom stereocenters. The second-order valence-corrected chi connectivity index (χ2v) is 6.20. The van der Waals surface area contributed by atoms with E-state index in [1.165, 1.54) is 0 Å².